The van der Waals surface area contributed by atoms with Gasteiger partial charge in [-0.25, -0.2) is 4.79 Å². The minimum Gasteiger partial charge on any atom is -0.491 e. The van der Waals surface area contributed by atoms with Gasteiger partial charge in [0.05, 0.1) is 6.54 Å². The van der Waals surface area contributed by atoms with E-state index < -0.39 is 17.4 Å². The van der Waals surface area contributed by atoms with Gasteiger partial charge in [-0.05, 0) is 48.8 Å². The molecule has 9 heteroatoms. The van der Waals surface area contributed by atoms with Gasteiger partial charge in [0.15, 0.2) is 11.2 Å². The van der Waals surface area contributed by atoms with Gasteiger partial charge in [0.1, 0.15) is 18.5 Å². The number of rotatable bonds is 7. The highest BCUT2D eigenvalue weighted by Gasteiger charge is 2.26. The lowest BCUT2D eigenvalue weighted by Gasteiger charge is -2.31. The monoisotopic (exact) mass is 483 g/mol. The van der Waals surface area contributed by atoms with Gasteiger partial charge in [0.2, 0.25) is 5.95 Å². The first kappa shape index (κ1) is 25.0. The van der Waals surface area contributed by atoms with Crippen molar-refractivity contribution < 1.29 is 9.84 Å². The van der Waals surface area contributed by atoms with Crippen LogP contribution in [-0.4, -0.2) is 49.6 Å². The first-order valence-electron chi connectivity index (χ1n) is 12.4. The summed E-state index contributed by atoms with van der Waals surface area (Å²) in [6.07, 6.45) is 1.17. The van der Waals surface area contributed by atoms with Crippen LogP contribution in [0.2, 0.25) is 0 Å². The maximum Gasteiger partial charge on any atom is 0.332 e. The number of nitrogens with zero attached hydrogens (tertiary/aromatic N) is 5. The molecule has 1 aliphatic heterocycles. The lowest BCUT2D eigenvalue weighted by atomic mass is 10.00. The number of aliphatic hydroxyl groups is 1. The van der Waals surface area contributed by atoms with Gasteiger partial charge in [0, 0.05) is 27.2 Å². The van der Waals surface area contributed by atoms with Gasteiger partial charge < -0.3 is 19.3 Å². The molecule has 1 N–H and O–H groups in total. The van der Waals surface area contributed by atoms with E-state index >= 15 is 0 Å². The van der Waals surface area contributed by atoms with Crippen molar-refractivity contribution in [2.75, 3.05) is 24.6 Å². The van der Waals surface area contributed by atoms with Crippen LogP contribution >= 0.6 is 0 Å². The molecule has 0 saturated carbocycles. The number of anilines is 1. The summed E-state index contributed by atoms with van der Waals surface area (Å²) in [7, 11) is 3.09. The number of hydrogen-bond acceptors (Lipinski definition) is 6. The molecule has 0 unspecified atom stereocenters. The van der Waals surface area contributed by atoms with Gasteiger partial charge in [-0.3, -0.25) is 13.9 Å². The Hall–Kier alpha value is -3.07. The summed E-state index contributed by atoms with van der Waals surface area (Å²) in [5, 5.41) is 11.0. The zero-order chi connectivity index (χ0) is 25.4. The molecule has 1 atom stereocenters. The SMILES string of the molecule is Cc1ccc(C(C)C)c(OC[C@H](O)Cn2c(N3CCC(C)CC3)nc3c2c(=O)n(C)c(=O)n3C)c1. The van der Waals surface area contributed by atoms with Crippen molar-refractivity contribution in [3.05, 3.63) is 50.2 Å². The standard InChI is InChI=1S/C26H37N5O4/c1-16(2)20-8-7-18(4)13-21(20)35-15-19(32)14-31-22-23(28(5)26(34)29(6)24(22)33)27-25(31)30-11-9-17(3)10-12-30/h7-8,13,16-17,19,32H,9-12,14-15H2,1-6H3/t19-/m1/s1. The smallest absolute Gasteiger partial charge is 0.332 e. The Kier molecular flexibility index (Phi) is 7.07. The molecule has 0 spiro atoms. The zero-order valence-corrected chi connectivity index (χ0v) is 21.6. The molecule has 3 heterocycles. The van der Waals surface area contributed by atoms with Crippen LogP contribution in [0, 0.1) is 12.8 Å². The fraction of sp³-hybridized carbons (Fsp3) is 0.577. The second-order valence-corrected chi connectivity index (χ2v) is 10.2. The molecule has 35 heavy (non-hydrogen) atoms. The Morgan fingerprint density at radius 1 is 1.14 bits per heavy atom. The topological polar surface area (TPSA) is 94.5 Å². The largest absolute Gasteiger partial charge is 0.491 e. The molecule has 0 aliphatic carbocycles. The predicted molar refractivity (Wildman–Crippen MR) is 138 cm³/mol. The lowest BCUT2D eigenvalue weighted by molar-refractivity contribution is 0.0929. The van der Waals surface area contributed by atoms with Crippen LogP contribution in [0.3, 0.4) is 0 Å². The Balaban J connectivity index is 1.68. The van der Waals surface area contributed by atoms with E-state index in [9.17, 15) is 14.7 Å². The van der Waals surface area contributed by atoms with Gasteiger partial charge in [-0.2, -0.15) is 4.98 Å². The highest BCUT2D eigenvalue weighted by atomic mass is 16.5. The predicted octanol–water partition coefficient (Wildman–Crippen LogP) is 2.54. The number of benzene rings is 1. The minimum atomic E-state index is -0.877. The quantitative estimate of drug-likeness (QED) is 0.555. The first-order chi connectivity index (χ1) is 16.6. The molecule has 0 radical (unpaired) electrons. The van der Waals surface area contributed by atoms with Crippen LogP contribution < -0.4 is 20.9 Å². The number of aromatic nitrogens is 4. The maximum atomic E-state index is 13.1. The number of hydrogen-bond donors (Lipinski definition) is 1. The average Bonchev–Trinajstić information content (AvgIpc) is 3.19. The number of fused-ring (bicyclic) bond motifs is 1. The molecule has 1 fully saturated rings. The van der Waals surface area contributed by atoms with Crippen LogP contribution in [0.4, 0.5) is 5.95 Å². The van der Waals surface area contributed by atoms with Gasteiger partial charge in [-0.1, -0.05) is 32.9 Å². The van der Waals surface area contributed by atoms with Crippen LogP contribution in [0.15, 0.2) is 27.8 Å². The van der Waals surface area contributed by atoms with Crippen LogP contribution in [0.1, 0.15) is 50.7 Å². The molecule has 9 nitrogen and oxygen atoms in total. The molecule has 0 amide bonds. The van der Waals surface area contributed by atoms with Crippen LogP contribution in [0.25, 0.3) is 11.2 Å². The van der Waals surface area contributed by atoms with Crippen LogP contribution in [0.5, 0.6) is 5.75 Å². The fourth-order valence-corrected chi connectivity index (χ4v) is 4.75. The maximum absolute atomic E-state index is 13.1. The van der Waals surface area contributed by atoms with E-state index in [-0.39, 0.29) is 19.1 Å². The second kappa shape index (κ2) is 9.89. The Morgan fingerprint density at radius 2 is 1.83 bits per heavy atom. The Bertz CT molecular complexity index is 1330. The number of aliphatic hydroxyl groups excluding tert-OH is 1. The van der Waals surface area contributed by atoms with Crippen molar-refractivity contribution in [2.45, 2.75) is 59.1 Å². The minimum absolute atomic E-state index is 0.0748. The van der Waals surface area contributed by atoms with E-state index in [2.05, 4.69) is 37.8 Å². The number of imidazole rings is 1. The third kappa shape index (κ3) is 4.87. The molecule has 1 saturated heterocycles. The molecule has 190 valence electrons. The summed E-state index contributed by atoms with van der Waals surface area (Å²) in [6.45, 7) is 10.3. The average molecular weight is 484 g/mol. The number of piperidine rings is 1. The van der Waals surface area contributed by atoms with E-state index in [1.54, 1.807) is 11.6 Å². The highest BCUT2D eigenvalue weighted by Crippen LogP contribution is 2.28. The van der Waals surface area contributed by atoms with E-state index in [1.165, 1.54) is 11.6 Å². The van der Waals surface area contributed by atoms with Crippen molar-refractivity contribution in [2.24, 2.45) is 20.0 Å². The van der Waals surface area contributed by atoms with Crippen LogP contribution in [-0.2, 0) is 20.6 Å². The molecule has 4 rings (SSSR count). The van der Waals surface area contributed by atoms with E-state index in [4.69, 9.17) is 9.72 Å². The summed E-state index contributed by atoms with van der Waals surface area (Å²) in [5.74, 6) is 2.29. The third-order valence-electron chi connectivity index (χ3n) is 7.01. The van der Waals surface area contributed by atoms with Crippen molar-refractivity contribution in [1.29, 1.82) is 0 Å². The summed E-state index contributed by atoms with van der Waals surface area (Å²) in [6, 6.07) is 6.10. The molecular weight excluding hydrogens is 446 g/mol. The van der Waals surface area contributed by atoms with Crippen molar-refractivity contribution >= 4 is 17.1 Å². The van der Waals surface area contributed by atoms with E-state index in [0.29, 0.717) is 23.0 Å². The summed E-state index contributed by atoms with van der Waals surface area (Å²) < 4.78 is 10.3. The van der Waals surface area contributed by atoms with Crippen molar-refractivity contribution in [3.8, 4) is 5.75 Å². The third-order valence-corrected chi connectivity index (χ3v) is 7.01. The van der Waals surface area contributed by atoms with Crippen molar-refractivity contribution in [3.63, 3.8) is 0 Å². The van der Waals surface area contributed by atoms with E-state index in [1.807, 2.05) is 13.0 Å². The van der Waals surface area contributed by atoms with Crippen molar-refractivity contribution in [1.82, 2.24) is 18.7 Å². The zero-order valence-electron chi connectivity index (χ0n) is 21.6. The first-order valence-corrected chi connectivity index (χ1v) is 12.4. The molecule has 1 aromatic carbocycles. The fourth-order valence-electron chi connectivity index (χ4n) is 4.75. The normalized spacial score (nSPS) is 15.8. The molecule has 2 aromatic heterocycles. The summed E-state index contributed by atoms with van der Waals surface area (Å²) in [4.78, 5) is 32.6. The summed E-state index contributed by atoms with van der Waals surface area (Å²) >= 11 is 0. The summed E-state index contributed by atoms with van der Waals surface area (Å²) in [5.41, 5.74) is 1.99. The number of ether oxygens (including phenoxy) is 1. The molecule has 3 aromatic rings. The van der Waals surface area contributed by atoms with E-state index in [0.717, 1.165) is 47.4 Å². The molecule has 0 bridgehead atoms. The van der Waals surface area contributed by atoms with Gasteiger partial charge in [0.25, 0.3) is 5.56 Å². The second-order valence-electron chi connectivity index (χ2n) is 10.2. The lowest BCUT2D eigenvalue weighted by Crippen LogP contribution is -2.38. The van der Waals surface area contributed by atoms with Gasteiger partial charge >= 0.3 is 5.69 Å². The number of aryl methyl sites for hydroxylation is 2. The molecule has 1 aliphatic rings. The Morgan fingerprint density at radius 3 is 2.49 bits per heavy atom. The molecular formula is C26H37N5O4. The Labute approximate surface area is 205 Å². The highest BCUT2D eigenvalue weighted by molar-refractivity contribution is 5.74. The van der Waals surface area contributed by atoms with Gasteiger partial charge in [-0.15, -0.1) is 0 Å².